The van der Waals surface area contributed by atoms with Crippen molar-refractivity contribution in [1.82, 2.24) is 4.90 Å². The third-order valence-electron chi connectivity index (χ3n) is 3.44. The SMILES string of the molecule is CC(C)(C)OC(=O)N1CCN(c2ccc([N+](=O)[O-])cc2O)CC1. The molecule has 1 aliphatic heterocycles. The van der Waals surface area contributed by atoms with Gasteiger partial charge in [0.15, 0.2) is 0 Å². The number of ether oxygens (including phenoxy) is 1. The Morgan fingerprint density at radius 1 is 1.26 bits per heavy atom. The number of hydrogen-bond donors (Lipinski definition) is 1. The van der Waals surface area contributed by atoms with E-state index in [1.54, 1.807) is 4.90 Å². The number of rotatable bonds is 2. The van der Waals surface area contributed by atoms with Crippen LogP contribution in [0.15, 0.2) is 18.2 Å². The van der Waals surface area contributed by atoms with E-state index in [4.69, 9.17) is 4.74 Å². The van der Waals surface area contributed by atoms with Gasteiger partial charge in [0.25, 0.3) is 5.69 Å². The lowest BCUT2D eigenvalue weighted by molar-refractivity contribution is -0.384. The molecule has 0 aromatic heterocycles. The van der Waals surface area contributed by atoms with Gasteiger partial charge >= 0.3 is 6.09 Å². The first-order valence-corrected chi connectivity index (χ1v) is 7.37. The molecule has 8 heteroatoms. The molecule has 1 heterocycles. The highest BCUT2D eigenvalue weighted by atomic mass is 16.6. The van der Waals surface area contributed by atoms with Crippen molar-refractivity contribution in [3.8, 4) is 5.75 Å². The molecule has 0 unspecified atom stereocenters. The second-order valence-electron chi connectivity index (χ2n) is 6.38. The summed E-state index contributed by atoms with van der Waals surface area (Å²) in [6, 6.07) is 4.02. The van der Waals surface area contributed by atoms with Gasteiger partial charge in [0.05, 0.1) is 16.7 Å². The van der Waals surface area contributed by atoms with Crippen molar-refractivity contribution in [3.63, 3.8) is 0 Å². The van der Waals surface area contributed by atoms with E-state index < -0.39 is 10.5 Å². The minimum atomic E-state index is -0.552. The average molecular weight is 323 g/mol. The van der Waals surface area contributed by atoms with Crippen molar-refractivity contribution in [2.75, 3.05) is 31.1 Å². The van der Waals surface area contributed by atoms with E-state index in [-0.39, 0.29) is 17.5 Å². The summed E-state index contributed by atoms with van der Waals surface area (Å²) in [7, 11) is 0. The summed E-state index contributed by atoms with van der Waals surface area (Å²) in [6.45, 7) is 7.41. The first-order chi connectivity index (χ1) is 10.7. The van der Waals surface area contributed by atoms with Crippen molar-refractivity contribution < 1.29 is 19.6 Å². The average Bonchev–Trinajstić information content (AvgIpc) is 2.45. The molecule has 1 amide bonds. The van der Waals surface area contributed by atoms with Crippen LogP contribution in [0.5, 0.6) is 5.75 Å². The van der Waals surface area contributed by atoms with Gasteiger partial charge in [0.1, 0.15) is 11.4 Å². The maximum atomic E-state index is 12.0. The molecule has 23 heavy (non-hydrogen) atoms. The lowest BCUT2D eigenvalue weighted by atomic mass is 10.2. The topological polar surface area (TPSA) is 96.2 Å². The molecule has 0 saturated carbocycles. The van der Waals surface area contributed by atoms with Crippen LogP contribution < -0.4 is 4.90 Å². The molecule has 1 N–H and O–H groups in total. The lowest BCUT2D eigenvalue weighted by Crippen LogP contribution is -2.50. The Labute approximate surface area is 134 Å². The molecule has 1 aromatic rings. The number of nitro benzene ring substituents is 1. The van der Waals surface area contributed by atoms with Crippen molar-refractivity contribution in [2.45, 2.75) is 26.4 Å². The number of piperazine rings is 1. The van der Waals surface area contributed by atoms with Gasteiger partial charge in [-0.15, -0.1) is 0 Å². The number of anilines is 1. The highest BCUT2D eigenvalue weighted by molar-refractivity contribution is 5.69. The molecule has 2 rings (SSSR count). The van der Waals surface area contributed by atoms with E-state index in [0.717, 1.165) is 6.07 Å². The maximum Gasteiger partial charge on any atom is 0.410 e. The summed E-state index contributed by atoms with van der Waals surface area (Å²) in [6.07, 6.45) is -0.356. The summed E-state index contributed by atoms with van der Waals surface area (Å²) in [5.74, 6) is -0.134. The Kier molecular flexibility index (Phi) is 4.63. The molecule has 0 radical (unpaired) electrons. The number of nitrogens with zero attached hydrogens (tertiary/aromatic N) is 3. The highest BCUT2D eigenvalue weighted by Crippen LogP contribution is 2.31. The number of non-ortho nitro benzene ring substituents is 1. The van der Waals surface area contributed by atoms with E-state index in [0.29, 0.717) is 31.9 Å². The zero-order valence-corrected chi connectivity index (χ0v) is 13.5. The molecule has 0 bridgehead atoms. The Balaban J connectivity index is 1.99. The van der Waals surface area contributed by atoms with Crippen molar-refractivity contribution in [3.05, 3.63) is 28.3 Å². The van der Waals surface area contributed by atoms with Crippen molar-refractivity contribution >= 4 is 17.5 Å². The van der Waals surface area contributed by atoms with Gasteiger partial charge in [-0.2, -0.15) is 0 Å². The Morgan fingerprint density at radius 3 is 2.35 bits per heavy atom. The van der Waals surface area contributed by atoms with E-state index in [2.05, 4.69) is 0 Å². The van der Waals surface area contributed by atoms with Crippen LogP contribution in [0.2, 0.25) is 0 Å². The quantitative estimate of drug-likeness (QED) is 0.663. The first-order valence-electron chi connectivity index (χ1n) is 7.37. The number of phenols is 1. The molecule has 0 aliphatic carbocycles. The number of amides is 1. The first kappa shape index (κ1) is 16.9. The molecule has 1 aromatic carbocycles. The van der Waals surface area contributed by atoms with E-state index in [9.17, 15) is 20.0 Å². The third-order valence-corrected chi connectivity index (χ3v) is 3.44. The molecular weight excluding hydrogens is 302 g/mol. The van der Waals surface area contributed by atoms with E-state index in [1.807, 2.05) is 25.7 Å². The van der Waals surface area contributed by atoms with Crippen LogP contribution >= 0.6 is 0 Å². The smallest absolute Gasteiger partial charge is 0.410 e. The summed E-state index contributed by atoms with van der Waals surface area (Å²) < 4.78 is 5.33. The number of nitro groups is 1. The Morgan fingerprint density at radius 2 is 1.87 bits per heavy atom. The van der Waals surface area contributed by atoms with Crippen LogP contribution in [0.1, 0.15) is 20.8 Å². The Hall–Kier alpha value is -2.51. The number of carbonyl (C=O) groups is 1. The summed E-state index contributed by atoms with van der Waals surface area (Å²) in [5.41, 5.74) is -0.164. The van der Waals surface area contributed by atoms with Crippen LogP contribution in [0.4, 0.5) is 16.2 Å². The fraction of sp³-hybridized carbons (Fsp3) is 0.533. The minimum Gasteiger partial charge on any atom is -0.506 e. The maximum absolute atomic E-state index is 12.0. The summed E-state index contributed by atoms with van der Waals surface area (Å²) in [4.78, 5) is 25.7. The van der Waals surface area contributed by atoms with Gasteiger partial charge in [-0.3, -0.25) is 10.1 Å². The number of phenolic OH excluding ortho intramolecular Hbond substituents is 1. The lowest BCUT2D eigenvalue weighted by Gasteiger charge is -2.36. The number of benzene rings is 1. The van der Waals surface area contributed by atoms with Gasteiger partial charge < -0.3 is 19.6 Å². The van der Waals surface area contributed by atoms with E-state index >= 15 is 0 Å². The second kappa shape index (κ2) is 6.31. The molecule has 8 nitrogen and oxygen atoms in total. The summed E-state index contributed by atoms with van der Waals surface area (Å²) in [5, 5.41) is 20.7. The fourth-order valence-electron chi connectivity index (χ4n) is 2.35. The molecule has 0 spiro atoms. The fourth-order valence-corrected chi connectivity index (χ4v) is 2.35. The largest absolute Gasteiger partial charge is 0.506 e. The van der Waals surface area contributed by atoms with E-state index in [1.165, 1.54) is 12.1 Å². The second-order valence-corrected chi connectivity index (χ2v) is 6.38. The van der Waals surface area contributed by atoms with Crippen LogP contribution in [0, 0.1) is 10.1 Å². The molecule has 1 aliphatic rings. The number of carbonyl (C=O) groups excluding carboxylic acids is 1. The summed E-state index contributed by atoms with van der Waals surface area (Å²) >= 11 is 0. The molecule has 1 fully saturated rings. The molecule has 0 atom stereocenters. The van der Waals surface area contributed by atoms with Crippen LogP contribution in [0.3, 0.4) is 0 Å². The van der Waals surface area contributed by atoms with Gasteiger partial charge in [-0.1, -0.05) is 0 Å². The normalized spacial score (nSPS) is 15.4. The third kappa shape index (κ3) is 4.24. The van der Waals surface area contributed by atoms with Gasteiger partial charge in [0, 0.05) is 32.2 Å². The molecule has 1 saturated heterocycles. The zero-order chi connectivity index (χ0) is 17.2. The Bertz CT molecular complexity index is 604. The zero-order valence-electron chi connectivity index (χ0n) is 13.5. The van der Waals surface area contributed by atoms with Crippen LogP contribution in [0.25, 0.3) is 0 Å². The minimum absolute atomic E-state index is 0.134. The van der Waals surface area contributed by atoms with Crippen molar-refractivity contribution in [1.29, 1.82) is 0 Å². The van der Waals surface area contributed by atoms with Crippen LogP contribution in [-0.4, -0.2) is 52.8 Å². The predicted molar refractivity (Wildman–Crippen MR) is 84.8 cm³/mol. The molecule has 126 valence electrons. The molecular formula is C15H21N3O5. The van der Waals surface area contributed by atoms with Gasteiger partial charge in [0.2, 0.25) is 0 Å². The number of aromatic hydroxyl groups is 1. The van der Waals surface area contributed by atoms with Crippen molar-refractivity contribution in [2.24, 2.45) is 0 Å². The monoisotopic (exact) mass is 323 g/mol. The standard InChI is InChI=1S/C15H21N3O5/c1-15(2,3)23-14(20)17-8-6-16(7-9-17)12-5-4-11(18(21)22)10-13(12)19/h4-5,10,19H,6-9H2,1-3H3. The highest BCUT2D eigenvalue weighted by Gasteiger charge is 2.27. The van der Waals surface area contributed by atoms with Gasteiger partial charge in [-0.25, -0.2) is 4.79 Å². The number of hydrogen-bond acceptors (Lipinski definition) is 6. The van der Waals surface area contributed by atoms with Gasteiger partial charge in [-0.05, 0) is 26.8 Å². The predicted octanol–water partition coefficient (Wildman–Crippen LogP) is 2.36. The van der Waals surface area contributed by atoms with Crippen LogP contribution in [-0.2, 0) is 4.74 Å².